The molecule has 2 fully saturated rings. The number of amides is 3. The van der Waals surface area contributed by atoms with Gasteiger partial charge in [0.05, 0.1) is 30.2 Å². The summed E-state index contributed by atoms with van der Waals surface area (Å²) in [6, 6.07) is 7.10. The van der Waals surface area contributed by atoms with Gasteiger partial charge in [0.25, 0.3) is 0 Å². The van der Waals surface area contributed by atoms with E-state index in [2.05, 4.69) is 10.6 Å². The number of carbonyl (C=O) groups excluding carboxylic acids is 2. The fourth-order valence-electron chi connectivity index (χ4n) is 3.27. The zero-order valence-corrected chi connectivity index (χ0v) is 15.5. The van der Waals surface area contributed by atoms with Crippen molar-refractivity contribution >= 4 is 35.3 Å². The Labute approximate surface area is 155 Å². The summed E-state index contributed by atoms with van der Waals surface area (Å²) in [6.07, 6.45) is -0.757. The van der Waals surface area contributed by atoms with Crippen LogP contribution in [0.3, 0.4) is 0 Å². The number of rotatable bonds is 4. The molecule has 0 bridgehead atoms. The van der Waals surface area contributed by atoms with Crippen molar-refractivity contribution in [2.45, 2.75) is 17.7 Å². The Morgan fingerprint density at radius 2 is 1.96 bits per heavy atom. The number of carbonyl (C=O) groups is 2. The Hall–Kier alpha value is -1.32. The monoisotopic (exact) mass is 384 g/mol. The molecule has 2 saturated heterocycles. The van der Waals surface area contributed by atoms with E-state index in [4.69, 9.17) is 11.6 Å². The highest BCUT2D eigenvalue weighted by Crippen LogP contribution is 2.35. The number of halogens is 1. The third-order valence-corrected chi connectivity index (χ3v) is 6.11. The van der Waals surface area contributed by atoms with Crippen molar-refractivity contribution in [3.8, 4) is 0 Å². The van der Waals surface area contributed by atoms with Gasteiger partial charge in [-0.3, -0.25) is 20.3 Å². The minimum atomic E-state index is -0.456. The molecule has 3 N–H and O–H groups in total. The zero-order valence-electron chi connectivity index (χ0n) is 14.0. The summed E-state index contributed by atoms with van der Waals surface area (Å²) >= 11 is 7.79. The van der Waals surface area contributed by atoms with Gasteiger partial charge >= 0.3 is 6.03 Å². The molecule has 0 saturated carbocycles. The maximum Gasteiger partial charge on any atom is 0.327 e. The number of hydrogen-bond donors (Lipinski definition) is 3. The van der Waals surface area contributed by atoms with Crippen molar-refractivity contribution in [2.24, 2.45) is 5.92 Å². The first-order chi connectivity index (χ1) is 12.0. The second kappa shape index (κ2) is 7.51. The molecule has 4 atom stereocenters. The lowest BCUT2D eigenvalue weighted by Gasteiger charge is -2.50. The Morgan fingerprint density at radius 3 is 2.64 bits per heavy atom. The van der Waals surface area contributed by atoms with E-state index in [0.717, 1.165) is 10.5 Å². The summed E-state index contributed by atoms with van der Waals surface area (Å²) in [5.74, 6) is -0.200. The molecular weight excluding hydrogens is 364 g/mol. The smallest absolute Gasteiger partial charge is 0.327 e. The number of thioether (sulfide) groups is 1. The number of hydrogen-bond acceptors (Lipinski definition) is 6. The van der Waals surface area contributed by atoms with Crippen LogP contribution in [0.1, 0.15) is 11.7 Å². The Morgan fingerprint density at radius 1 is 1.24 bits per heavy atom. The van der Waals surface area contributed by atoms with Gasteiger partial charge in [0, 0.05) is 30.4 Å². The first kappa shape index (κ1) is 18.5. The highest BCUT2D eigenvalue weighted by molar-refractivity contribution is 7.99. The normalized spacial score (nSPS) is 29.8. The van der Waals surface area contributed by atoms with Crippen LogP contribution in [0.15, 0.2) is 24.3 Å². The predicted octanol–water partition coefficient (Wildman–Crippen LogP) is 1.05. The van der Waals surface area contributed by atoms with E-state index >= 15 is 0 Å². The van der Waals surface area contributed by atoms with Gasteiger partial charge in [0.15, 0.2) is 0 Å². The van der Waals surface area contributed by atoms with Gasteiger partial charge in [0.1, 0.15) is 0 Å². The number of urea groups is 1. The van der Waals surface area contributed by atoms with E-state index in [1.807, 2.05) is 18.2 Å². The lowest BCUT2D eigenvalue weighted by atomic mass is 9.96. The van der Waals surface area contributed by atoms with Gasteiger partial charge in [0.2, 0.25) is 5.91 Å². The topological polar surface area (TPSA) is 84.9 Å². The molecule has 2 aliphatic heterocycles. The van der Waals surface area contributed by atoms with Crippen LogP contribution in [0.5, 0.6) is 0 Å². The quantitative estimate of drug-likeness (QED) is 0.719. The SMILES string of the molecule is CN1C(=O)C2C(SCCO)NC(c3ccccc3Cl)NC2N(C)C1=O. The van der Waals surface area contributed by atoms with Gasteiger partial charge in [-0.25, -0.2) is 4.79 Å². The number of benzene rings is 1. The molecule has 4 unspecified atom stereocenters. The summed E-state index contributed by atoms with van der Waals surface area (Å²) in [4.78, 5) is 27.7. The molecule has 0 spiro atoms. The van der Waals surface area contributed by atoms with Crippen LogP contribution in [0.4, 0.5) is 4.79 Å². The summed E-state index contributed by atoms with van der Waals surface area (Å²) in [5, 5.41) is 16.3. The van der Waals surface area contributed by atoms with Crippen molar-refractivity contribution in [1.29, 1.82) is 0 Å². The molecule has 25 heavy (non-hydrogen) atoms. The van der Waals surface area contributed by atoms with Gasteiger partial charge in [-0.2, -0.15) is 0 Å². The summed E-state index contributed by atoms with van der Waals surface area (Å²) < 4.78 is 0. The molecule has 7 nitrogen and oxygen atoms in total. The van der Waals surface area contributed by atoms with Crippen LogP contribution >= 0.6 is 23.4 Å². The first-order valence-electron chi connectivity index (χ1n) is 7.99. The minimum absolute atomic E-state index is 0.0171. The standard InChI is InChI=1S/C16H21ClN4O3S/c1-20-13-11(15(23)21(2)16(20)24)14(25-8-7-22)19-12(18-13)9-5-3-4-6-10(9)17/h3-6,11-14,18-19,22H,7-8H2,1-2H3. The second-order valence-electron chi connectivity index (χ2n) is 6.06. The third-order valence-electron chi connectivity index (χ3n) is 4.56. The van der Waals surface area contributed by atoms with Crippen molar-refractivity contribution < 1.29 is 14.7 Å². The predicted molar refractivity (Wildman–Crippen MR) is 97.0 cm³/mol. The largest absolute Gasteiger partial charge is 0.396 e. The van der Waals surface area contributed by atoms with E-state index in [9.17, 15) is 14.7 Å². The van der Waals surface area contributed by atoms with Crippen LogP contribution in [0, 0.1) is 5.92 Å². The average molecular weight is 385 g/mol. The summed E-state index contributed by atoms with van der Waals surface area (Å²) in [7, 11) is 3.17. The maximum atomic E-state index is 12.7. The van der Waals surface area contributed by atoms with E-state index in [-0.39, 0.29) is 30.1 Å². The maximum absolute atomic E-state index is 12.7. The van der Waals surface area contributed by atoms with Gasteiger partial charge in [-0.1, -0.05) is 29.8 Å². The van der Waals surface area contributed by atoms with E-state index < -0.39 is 12.1 Å². The molecule has 2 aliphatic rings. The Kier molecular flexibility index (Phi) is 5.55. The van der Waals surface area contributed by atoms with Crippen molar-refractivity contribution in [3.05, 3.63) is 34.9 Å². The number of fused-ring (bicyclic) bond motifs is 1. The van der Waals surface area contributed by atoms with Crippen molar-refractivity contribution in [3.63, 3.8) is 0 Å². The van der Waals surface area contributed by atoms with E-state index in [0.29, 0.717) is 10.8 Å². The van der Waals surface area contributed by atoms with Crippen LogP contribution < -0.4 is 10.6 Å². The average Bonchev–Trinajstić information content (AvgIpc) is 2.62. The van der Waals surface area contributed by atoms with Gasteiger partial charge in [-0.15, -0.1) is 11.8 Å². The Bertz CT molecular complexity index is 677. The third kappa shape index (κ3) is 3.37. The highest BCUT2D eigenvalue weighted by atomic mass is 35.5. The number of aliphatic hydroxyl groups excluding tert-OH is 1. The zero-order chi connectivity index (χ0) is 18.1. The number of nitrogens with one attached hydrogen (secondary N) is 2. The van der Waals surface area contributed by atoms with E-state index in [1.54, 1.807) is 18.0 Å². The molecule has 2 heterocycles. The number of nitrogens with zero attached hydrogens (tertiary/aromatic N) is 2. The van der Waals surface area contributed by atoms with Gasteiger partial charge in [-0.05, 0) is 6.07 Å². The fourth-order valence-corrected chi connectivity index (χ4v) is 4.58. The van der Waals surface area contributed by atoms with Crippen molar-refractivity contribution in [1.82, 2.24) is 20.4 Å². The fraction of sp³-hybridized carbons (Fsp3) is 0.500. The Balaban J connectivity index is 1.94. The number of aliphatic hydroxyl groups is 1. The van der Waals surface area contributed by atoms with Crippen LogP contribution in [-0.4, -0.2) is 64.8 Å². The van der Waals surface area contributed by atoms with Gasteiger partial charge < -0.3 is 10.0 Å². The van der Waals surface area contributed by atoms with Crippen LogP contribution in [0.25, 0.3) is 0 Å². The molecule has 1 aromatic rings. The van der Waals surface area contributed by atoms with Crippen LogP contribution in [0.2, 0.25) is 5.02 Å². The summed E-state index contributed by atoms with van der Waals surface area (Å²) in [5.41, 5.74) is 0.851. The molecule has 0 aromatic heterocycles. The lowest BCUT2D eigenvalue weighted by molar-refractivity contribution is -0.140. The molecule has 0 radical (unpaired) electrons. The minimum Gasteiger partial charge on any atom is -0.396 e. The molecular formula is C16H21ClN4O3S. The molecule has 0 aliphatic carbocycles. The number of imide groups is 1. The summed E-state index contributed by atoms with van der Waals surface area (Å²) in [6.45, 7) is 0.0171. The first-order valence-corrected chi connectivity index (χ1v) is 9.41. The van der Waals surface area contributed by atoms with E-state index in [1.165, 1.54) is 18.8 Å². The molecule has 136 valence electrons. The van der Waals surface area contributed by atoms with Crippen molar-refractivity contribution in [2.75, 3.05) is 26.5 Å². The molecule has 3 amide bonds. The second-order valence-corrected chi connectivity index (χ2v) is 7.72. The highest BCUT2D eigenvalue weighted by Gasteiger charge is 2.51. The molecule has 1 aromatic carbocycles. The molecule has 3 rings (SSSR count). The molecule has 9 heteroatoms. The lowest BCUT2D eigenvalue weighted by Crippen LogP contribution is -2.72. The van der Waals surface area contributed by atoms with Crippen LogP contribution in [-0.2, 0) is 4.79 Å².